The van der Waals surface area contributed by atoms with Gasteiger partial charge in [-0.15, -0.1) is 0 Å². The van der Waals surface area contributed by atoms with E-state index in [1.165, 1.54) is 0 Å². The van der Waals surface area contributed by atoms with Crippen LogP contribution in [0.25, 0.3) is 0 Å². The average Bonchev–Trinajstić information content (AvgIpc) is 2.27. The number of ketones is 1. The van der Waals surface area contributed by atoms with Crippen molar-refractivity contribution in [1.82, 2.24) is 0 Å². The zero-order chi connectivity index (χ0) is 9.35. The van der Waals surface area contributed by atoms with Crippen molar-refractivity contribution in [2.75, 3.05) is 5.75 Å². The van der Waals surface area contributed by atoms with Gasteiger partial charge < -0.3 is 0 Å². The molecule has 0 spiro atoms. The fourth-order valence-electron chi connectivity index (χ4n) is 1.48. The summed E-state index contributed by atoms with van der Waals surface area (Å²) in [7, 11) is -3.08. The number of carbonyl (C=O) groups is 1. The molecule has 0 aromatic carbocycles. The molecular weight excluding hydrogens is 176 g/mol. The van der Waals surface area contributed by atoms with Gasteiger partial charge in [-0.1, -0.05) is 13.8 Å². The molecule has 0 N–H and O–H groups in total. The van der Waals surface area contributed by atoms with E-state index in [-0.39, 0.29) is 17.5 Å². The molecule has 0 bridgehead atoms. The van der Waals surface area contributed by atoms with E-state index in [1.807, 2.05) is 0 Å². The second-order valence-corrected chi connectivity index (χ2v) is 5.86. The molecule has 1 fully saturated rings. The van der Waals surface area contributed by atoms with Gasteiger partial charge in [-0.3, -0.25) is 4.79 Å². The fourth-order valence-corrected chi connectivity index (χ4v) is 3.49. The highest BCUT2D eigenvalue weighted by Crippen LogP contribution is 2.22. The lowest BCUT2D eigenvalue weighted by molar-refractivity contribution is -0.121. The largest absolute Gasteiger partial charge is 0.298 e. The highest BCUT2D eigenvalue weighted by Gasteiger charge is 2.37. The van der Waals surface area contributed by atoms with E-state index >= 15 is 0 Å². The summed E-state index contributed by atoms with van der Waals surface area (Å²) in [5.41, 5.74) is 0. The van der Waals surface area contributed by atoms with Crippen molar-refractivity contribution >= 4 is 15.6 Å². The van der Waals surface area contributed by atoms with Gasteiger partial charge in [0.1, 0.15) is 5.25 Å². The quantitative estimate of drug-likeness (QED) is 0.647. The summed E-state index contributed by atoms with van der Waals surface area (Å²) in [5, 5.41) is -0.697. The SMILES string of the molecule is CC(C)C(=O)C1CCCS1(=O)=O. The van der Waals surface area contributed by atoms with Crippen LogP contribution in [0.1, 0.15) is 26.7 Å². The van der Waals surface area contributed by atoms with Crippen molar-refractivity contribution in [2.24, 2.45) is 5.92 Å². The van der Waals surface area contributed by atoms with E-state index in [1.54, 1.807) is 13.8 Å². The van der Waals surface area contributed by atoms with Crippen LogP contribution in [0.15, 0.2) is 0 Å². The Morgan fingerprint density at radius 2 is 2.00 bits per heavy atom. The molecule has 0 amide bonds. The fraction of sp³-hybridized carbons (Fsp3) is 0.875. The van der Waals surface area contributed by atoms with Gasteiger partial charge in [-0.05, 0) is 12.8 Å². The molecule has 0 saturated carbocycles. The van der Waals surface area contributed by atoms with Crippen molar-refractivity contribution in [3.63, 3.8) is 0 Å². The molecule has 1 aliphatic rings. The molecule has 1 unspecified atom stereocenters. The number of hydrogen-bond donors (Lipinski definition) is 0. The Morgan fingerprint density at radius 3 is 2.33 bits per heavy atom. The lowest BCUT2D eigenvalue weighted by atomic mass is 10.0. The maximum atomic E-state index is 11.4. The van der Waals surface area contributed by atoms with Gasteiger partial charge in [0.2, 0.25) is 0 Å². The lowest BCUT2D eigenvalue weighted by Gasteiger charge is -2.09. The van der Waals surface area contributed by atoms with Crippen LogP contribution in [0.3, 0.4) is 0 Å². The Balaban J connectivity index is 2.84. The number of rotatable bonds is 2. The summed E-state index contributed by atoms with van der Waals surface area (Å²) in [4.78, 5) is 11.4. The van der Waals surface area contributed by atoms with Crippen LogP contribution in [0.2, 0.25) is 0 Å². The Labute approximate surface area is 73.1 Å². The van der Waals surface area contributed by atoms with Crippen molar-refractivity contribution in [3.8, 4) is 0 Å². The molecule has 3 nitrogen and oxygen atoms in total. The minimum Gasteiger partial charge on any atom is -0.298 e. The number of carbonyl (C=O) groups excluding carboxylic acids is 1. The van der Waals surface area contributed by atoms with E-state index < -0.39 is 15.1 Å². The van der Waals surface area contributed by atoms with E-state index in [4.69, 9.17) is 0 Å². The van der Waals surface area contributed by atoms with Gasteiger partial charge in [0.15, 0.2) is 15.6 Å². The van der Waals surface area contributed by atoms with Gasteiger partial charge in [-0.25, -0.2) is 8.42 Å². The zero-order valence-corrected chi connectivity index (χ0v) is 8.23. The molecule has 1 aliphatic heterocycles. The van der Waals surface area contributed by atoms with Gasteiger partial charge in [-0.2, -0.15) is 0 Å². The average molecular weight is 190 g/mol. The van der Waals surface area contributed by atoms with Crippen molar-refractivity contribution in [2.45, 2.75) is 31.9 Å². The third-order valence-electron chi connectivity index (χ3n) is 2.22. The number of hydrogen-bond acceptors (Lipinski definition) is 3. The lowest BCUT2D eigenvalue weighted by Crippen LogP contribution is -2.29. The minimum absolute atomic E-state index is 0.118. The highest BCUT2D eigenvalue weighted by molar-refractivity contribution is 7.93. The molecule has 12 heavy (non-hydrogen) atoms. The summed E-state index contributed by atoms with van der Waals surface area (Å²) in [6.07, 6.45) is 1.17. The minimum atomic E-state index is -3.08. The summed E-state index contributed by atoms with van der Waals surface area (Å²) in [6, 6.07) is 0. The number of sulfone groups is 1. The zero-order valence-electron chi connectivity index (χ0n) is 7.41. The Morgan fingerprint density at radius 1 is 1.42 bits per heavy atom. The first-order valence-corrected chi connectivity index (χ1v) is 5.92. The van der Waals surface area contributed by atoms with Crippen molar-refractivity contribution in [1.29, 1.82) is 0 Å². The first kappa shape index (κ1) is 9.71. The molecule has 0 radical (unpaired) electrons. The first-order valence-electron chi connectivity index (χ1n) is 4.20. The maximum absolute atomic E-state index is 11.4. The molecule has 0 aromatic heterocycles. The van der Waals surface area contributed by atoms with Gasteiger partial charge >= 0.3 is 0 Å². The summed E-state index contributed by atoms with van der Waals surface area (Å²) >= 11 is 0. The van der Waals surface area contributed by atoms with Crippen LogP contribution in [-0.4, -0.2) is 25.2 Å². The Bertz CT molecular complexity index is 277. The summed E-state index contributed by atoms with van der Waals surface area (Å²) in [6.45, 7) is 3.49. The molecule has 1 saturated heterocycles. The summed E-state index contributed by atoms with van der Waals surface area (Å²) < 4.78 is 22.6. The van der Waals surface area contributed by atoms with E-state index in [0.29, 0.717) is 12.8 Å². The van der Waals surface area contributed by atoms with Gasteiger partial charge in [0, 0.05) is 5.92 Å². The predicted octanol–water partition coefficient (Wildman–Crippen LogP) is 0.789. The van der Waals surface area contributed by atoms with E-state index in [0.717, 1.165) is 0 Å². The third-order valence-corrected chi connectivity index (χ3v) is 4.41. The first-order chi connectivity index (χ1) is 5.45. The molecule has 1 atom stereocenters. The predicted molar refractivity (Wildman–Crippen MR) is 46.7 cm³/mol. The van der Waals surface area contributed by atoms with Crippen molar-refractivity contribution < 1.29 is 13.2 Å². The molecule has 0 aliphatic carbocycles. The molecule has 1 rings (SSSR count). The Kier molecular flexibility index (Phi) is 2.56. The maximum Gasteiger partial charge on any atom is 0.160 e. The smallest absolute Gasteiger partial charge is 0.160 e. The van der Waals surface area contributed by atoms with Crippen LogP contribution in [-0.2, 0) is 14.6 Å². The molecule has 70 valence electrons. The standard InChI is InChI=1S/C8H14O3S/c1-6(2)8(9)7-4-3-5-12(7,10)11/h6-7H,3-5H2,1-2H3. The second kappa shape index (κ2) is 3.17. The third kappa shape index (κ3) is 1.68. The van der Waals surface area contributed by atoms with Crippen LogP contribution in [0, 0.1) is 5.92 Å². The topological polar surface area (TPSA) is 51.2 Å². The van der Waals surface area contributed by atoms with Crippen LogP contribution < -0.4 is 0 Å². The Hall–Kier alpha value is -0.380. The van der Waals surface area contributed by atoms with Crippen LogP contribution in [0.5, 0.6) is 0 Å². The van der Waals surface area contributed by atoms with Crippen LogP contribution >= 0.6 is 0 Å². The van der Waals surface area contributed by atoms with Crippen molar-refractivity contribution in [3.05, 3.63) is 0 Å². The van der Waals surface area contributed by atoms with E-state index in [2.05, 4.69) is 0 Å². The van der Waals surface area contributed by atoms with Crippen LogP contribution in [0.4, 0.5) is 0 Å². The number of Topliss-reactive ketones (excluding diaryl/α,β-unsaturated/α-hetero) is 1. The van der Waals surface area contributed by atoms with Gasteiger partial charge in [0.05, 0.1) is 5.75 Å². The van der Waals surface area contributed by atoms with Gasteiger partial charge in [0.25, 0.3) is 0 Å². The summed E-state index contributed by atoms with van der Waals surface area (Å²) in [5.74, 6) is -0.0915. The molecule has 0 aromatic rings. The highest BCUT2D eigenvalue weighted by atomic mass is 32.2. The molecule has 1 heterocycles. The molecule has 4 heteroatoms. The normalized spacial score (nSPS) is 27.8. The monoisotopic (exact) mass is 190 g/mol. The van der Waals surface area contributed by atoms with E-state index in [9.17, 15) is 13.2 Å². The molecular formula is C8H14O3S. The second-order valence-electron chi connectivity index (χ2n) is 3.55.